The van der Waals surface area contributed by atoms with Gasteiger partial charge in [-0.2, -0.15) is 0 Å². The Labute approximate surface area is 91.8 Å². The molecule has 4 nitrogen and oxygen atoms in total. The van der Waals surface area contributed by atoms with E-state index in [0.717, 1.165) is 6.07 Å². The van der Waals surface area contributed by atoms with Crippen LogP contribution in [0.5, 0.6) is 0 Å². The predicted molar refractivity (Wildman–Crippen MR) is 56.4 cm³/mol. The molecule has 82 valence electrons. The van der Waals surface area contributed by atoms with Crippen molar-refractivity contribution in [3.05, 3.63) is 23.1 Å². The number of likely N-dealkylation sites (N-methyl/N-ethyl adjacent to an activating group) is 1. The molecule has 0 aliphatic rings. The fourth-order valence-electron chi connectivity index (χ4n) is 0.968. The van der Waals surface area contributed by atoms with Gasteiger partial charge in [-0.3, -0.25) is 4.79 Å². The van der Waals surface area contributed by atoms with Crippen molar-refractivity contribution < 1.29 is 9.18 Å². The molecule has 6 heteroatoms. The molecule has 2 N–H and O–H groups in total. The fraction of sp³-hybridized carbons (Fsp3) is 0.333. The summed E-state index contributed by atoms with van der Waals surface area (Å²) >= 11 is 5.52. The molecule has 1 aromatic rings. The van der Waals surface area contributed by atoms with Crippen molar-refractivity contribution in [1.82, 2.24) is 10.3 Å². The molecule has 1 rings (SSSR count). The average molecular weight is 232 g/mol. The topological polar surface area (TPSA) is 54.0 Å². The molecule has 15 heavy (non-hydrogen) atoms. The quantitative estimate of drug-likeness (QED) is 0.824. The van der Waals surface area contributed by atoms with Gasteiger partial charge < -0.3 is 10.6 Å². The fourth-order valence-corrected chi connectivity index (χ4v) is 1.11. The number of carbonyl (C=O) groups excluding carboxylic acids is 1. The third-order valence-corrected chi connectivity index (χ3v) is 1.80. The molecule has 1 aromatic heterocycles. The summed E-state index contributed by atoms with van der Waals surface area (Å²) in [4.78, 5) is 14.8. The van der Waals surface area contributed by atoms with E-state index in [0.29, 0.717) is 6.54 Å². The number of aromatic nitrogens is 1. The highest BCUT2D eigenvalue weighted by Crippen LogP contribution is 2.14. The number of amides is 1. The van der Waals surface area contributed by atoms with Crippen LogP contribution in [-0.4, -0.2) is 24.0 Å². The Morgan fingerprint density at radius 2 is 2.40 bits per heavy atom. The van der Waals surface area contributed by atoms with Crippen molar-refractivity contribution >= 4 is 23.3 Å². The molecule has 0 atom stereocenters. The van der Waals surface area contributed by atoms with E-state index in [1.807, 2.05) is 0 Å². The molecular weight excluding hydrogens is 221 g/mol. The molecule has 0 unspecified atom stereocenters. The Hall–Kier alpha value is -1.36. The van der Waals surface area contributed by atoms with Crippen molar-refractivity contribution in [2.45, 2.75) is 6.92 Å². The molecule has 0 saturated heterocycles. The first-order valence-electron chi connectivity index (χ1n) is 4.45. The van der Waals surface area contributed by atoms with Gasteiger partial charge in [0.1, 0.15) is 0 Å². The lowest BCUT2D eigenvalue weighted by Gasteiger charge is -2.06. The molecule has 0 fully saturated rings. The van der Waals surface area contributed by atoms with Gasteiger partial charge in [0.25, 0.3) is 0 Å². The van der Waals surface area contributed by atoms with Crippen LogP contribution in [-0.2, 0) is 4.79 Å². The summed E-state index contributed by atoms with van der Waals surface area (Å²) in [5.41, 5.74) is 0. The van der Waals surface area contributed by atoms with Crippen LogP contribution in [0.3, 0.4) is 0 Å². The highest BCUT2D eigenvalue weighted by atomic mass is 35.5. The average Bonchev–Trinajstić information content (AvgIpc) is 2.17. The van der Waals surface area contributed by atoms with E-state index in [1.54, 1.807) is 6.92 Å². The van der Waals surface area contributed by atoms with Crippen molar-refractivity contribution in [1.29, 1.82) is 0 Å². The Balaban J connectivity index is 2.54. The van der Waals surface area contributed by atoms with Crippen LogP contribution in [0.1, 0.15) is 6.92 Å². The lowest BCUT2D eigenvalue weighted by molar-refractivity contribution is -0.119. The number of anilines is 1. The van der Waals surface area contributed by atoms with E-state index in [4.69, 9.17) is 11.6 Å². The highest BCUT2D eigenvalue weighted by Gasteiger charge is 2.05. The number of hydrogen-bond acceptors (Lipinski definition) is 3. The zero-order valence-electron chi connectivity index (χ0n) is 8.18. The predicted octanol–water partition coefficient (Wildman–Crippen LogP) is 1.42. The second-order valence-electron chi connectivity index (χ2n) is 2.79. The maximum atomic E-state index is 13.1. The van der Waals surface area contributed by atoms with Crippen LogP contribution in [0.25, 0.3) is 0 Å². The van der Waals surface area contributed by atoms with Gasteiger partial charge in [-0.05, 0) is 13.0 Å². The van der Waals surface area contributed by atoms with Gasteiger partial charge >= 0.3 is 0 Å². The Morgan fingerprint density at radius 1 is 1.67 bits per heavy atom. The Bertz CT molecular complexity index is 359. The molecule has 0 radical (unpaired) electrons. The molecule has 1 heterocycles. The smallest absolute Gasteiger partial charge is 0.239 e. The maximum absolute atomic E-state index is 13.1. The minimum absolute atomic E-state index is 0.0145. The first kappa shape index (κ1) is 11.7. The zero-order valence-corrected chi connectivity index (χ0v) is 8.94. The summed E-state index contributed by atoms with van der Waals surface area (Å²) in [7, 11) is 0. The van der Waals surface area contributed by atoms with Gasteiger partial charge in [0.2, 0.25) is 5.91 Å². The van der Waals surface area contributed by atoms with Crippen LogP contribution in [0, 0.1) is 5.82 Å². The van der Waals surface area contributed by atoms with Gasteiger partial charge in [0.15, 0.2) is 11.6 Å². The summed E-state index contributed by atoms with van der Waals surface area (Å²) in [6, 6.07) is 1.13. The molecule has 0 saturated carbocycles. The van der Waals surface area contributed by atoms with E-state index < -0.39 is 5.82 Å². The largest absolute Gasteiger partial charge is 0.359 e. The van der Waals surface area contributed by atoms with E-state index >= 15 is 0 Å². The summed E-state index contributed by atoms with van der Waals surface area (Å²) < 4.78 is 13.1. The zero-order chi connectivity index (χ0) is 11.3. The summed E-state index contributed by atoms with van der Waals surface area (Å²) in [5.74, 6) is -0.772. The second-order valence-corrected chi connectivity index (χ2v) is 3.23. The van der Waals surface area contributed by atoms with Gasteiger partial charge in [-0.15, -0.1) is 0 Å². The monoisotopic (exact) mass is 231 g/mol. The first-order valence-corrected chi connectivity index (χ1v) is 4.83. The van der Waals surface area contributed by atoms with Gasteiger partial charge in [0.05, 0.1) is 11.6 Å². The van der Waals surface area contributed by atoms with Crippen molar-refractivity contribution in [3.63, 3.8) is 0 Å². The number of halogens is 2. The summed E-state index contributed by atoms with van der Waals surface area (Å²) in [6.07, 6.45) is 1.31. The van der Waals surface area contributed by atoms with Gasteiger partial charge in [-0.1, -0.05) is 11.6 Å². The first-order chi connectivity index (χ1) is 7.13. The van der Waals surface area contributed by atoms with E-state index in [1.165, 1.54) is 6.20 Å². The number of nitrogens with one attached hydrogen (secondary N) is 2. The molecule has 0 aliphatic heterocycles. The minimum Gasteiger partial charge on any atom is -0.359 e. The lowest BCUT2D eigenvalue weighted by Crippen LogP contribution is -2.29. The van der Waals surface area contributed by atoms with Gasteiger partial charge in [-0.25, -0.2) is 9.37 Å². The standard InChI is InChI=1S/C9H11ClFN3O/c1-2-12-8(15)5-14-9-7(11)3-6(10)4-13-9/h3-4H,2,5H2,1H3,(H,12,15)(H,13,14). The molecular formula is C9H11ClFN3O. The lowest BCUT2D eigenvalue weighted by atomic mass is 10.4. The minimum atomic E-state index is -0.577. The van der Waals surface area contributed by atoms with Crippen LogP contribution < -0.4 is 10.6 Å². The normalized spacial score (nSPS) is 9.80. The number of carbonyl (C=O) groups is 1. The Kier molecular flexibility index (Phi) is 4.30. The van der Waals surface area contributed by atoms with E-state index in [9.17, 15) is 9.18 Å². The van der Waals surface area contributed by atoms with E-state index in [2.05, 4.69) is 15.6 Å². The van der Waals surface area contributed by atoms with E-state index in [-0.39, 0.29) is 23.3 Å². The molecule has 0 bridgehead atoms. The molecule has 0 aliphatic carbocycles. The summed E-state index contributed by atoms with van der Waals surface area (Å²) in [6.45, 7) is 2.33. The Morgan fingerprint density at radius 3 is 3.00 bits per heavy atom. The SMILES string of the molecule is CCNC(=O)CNc1ncc(Cl)cc1F. The summed E-state index contributed by atoms with van der Waals surface area (Å²) in [5, 5.41) is 5.36. The third-order valence-electron chi connectivity index (χ3n) is 1.60. The molecule has 0 aromatic carbocycles. The van der Waals surface area contributed by atoms with Crippen molar-refractivity contribution in [2.24, 2.45) is 0 Å². The third kappa shape index (κ3) is 3.71. The van der Waals surface area contributed by atoms with Crippen LogP contribution in [0.4, 0.5) is 10.2 Å². The molecule has 0 spiro atoms. The highest BCUT2D eigenvalue weighted by molar-refractivity contribution is 6.30. The van der Waals surface area contributed by atoms with Crippen molar-refractivity contribution in [2.75, 3.05) is 18.4 Å². The van der Waals surface area contributed by atoms with Crippen LogP contribution in [0.2, 0.25) is 5.02 Å². The maximum Gasteiger partial charge on any atom is 0.239 e. The van der Waals surface area contributed by atoms with Crippen LogP contribution in [0.15, 0.2) is 12.3 Å². The number of nitrogens with zero attached hydrogens (tertiary/aromatic N) is 1. The second kappa shape index (κ2) is 5.50. The number of rotatable bonds is 4. The number of hydrogen-bond donors (Lipinski definition) is 2. The van der Waals surface area contributed by atoms with Crippen molar-refractivity contribution in [3.8, 4) is 0 Å². The number of pyridine rings is 1. The molecule has 1 amide bonds. The van der Waals surface area contributed by atoms with Crippen LogP contribution >= 0.6 is 11.6 Å². The van der Waals surface area contributed by atoms with Gasteiger partial charge in [0, 0.05) is 12.7 Å².